The summed E-state index contributed by atoms with van der Waals surface area (Å²) in [5.74, 6) is 0.758. The van der Waals surface area contributed by atoms with Crippen molar-refractivity contribution in [2.75, 3.05) is 33.2 Å². The maximum atomic E-state index is 5.18. The van der Waals surface area contributed by atoms with E-state index in [4.69, 9.17) is 4.42 Å². The Bertz CT molecular complexity index is 327. The summed E-state index contributed by atoms with van der Waals surface area (Å²) >= 11 is 0. The van der Waals surface area contributed by atoms with Crippen LogP contribution in [0.1, 0.15) is 18.5 Å². The van der Waals surface area contributed by atoms with Crippen LogP contribution < -0.4 is 0 Å². The Morgan fingerprint density at radius 3 is 2.47 bits per heavy atom. The standard InChI is InChI=1S/C10H17N3O.C3H6/c1-9-11-10(8-14-9)7-13-5-3-12(2)4-6-13;1-3-2/h8H,3-7H2,1-2H3;3H,1H2,2H3. The highest BCUT2D eigenvalue weighted by atomic mass is 16.3. The third-order valence-electron chi connectivity index (χ3n) is 2.65. The van der Waals surface area contributed by atoms with Gasteiger partial charge in [0.25, 0.3) is 0 Å². The number of aryl methyl sites for hydroxylation is 1. The predicted octanol–water partition coefficient (Wildman–Crippen LogP) is 1.92. The molecule has 2 rings (SSSR count). The van der Waals surface area contributed by atoms with E-state index in [1.807, 2.05) is 13.8 Å². The summed E-state index contributed by atoms with van der Waals surface area (Å²) < 4.78 is 5.18. The van der Waals surface area contributed by atoms with E-state index in [9.17, 15) is 0 Å². The van der Waals surface area contributed by atoms with E-state index < -0.39 is 0 Å². The first-order valence-electron chi connectivity index (χ1n) is 6.04. The van der Waals surface area contributed by atoms with E-state index in [1.54, 1.807) is 12.3 Å². The molecule has 1 aliphatic heterocycles. The van der Waals surface area contributed by atoms with Gasteiger partial charge in [-0.25, -0.2) is 4.98 Å². The van der Waals surface area contributed by atoms with Gasteiger partial charge in [0.15, 0.2) is 5.89 Å². The topological polar surface area (TPSA) is 32.5 Å². The van der Waals surface area contributed by atoms with Crippen molar-refractivity contribution in [1.82, 2.24) is 14.8 Å². The molecule has 0 saturated carbocycles. The van der Waals surface area contributed by atoms with Gasteiger partial charge in [0, 0.05) is 39.6 Å². The molecule has 0 aliphatic carbocycles. The fraction of sp³-hybridized carbons (Fsp3) is 0.615. The predicted molar refractivity (Wildman–Crippen MR) is 69.9 cm³/mol. The van der Waals surface area contributed by atoms with Crippen molar-refractivity contribution >= 4 is 0 Å². The van der Waals surface area contributed by atoms with Gasteiger partial charge in [0.05, 0.1) is 5.69 Å². The lowest BCUT2D eigenvalue weighted by Gasteiger charge is -2.31. The molecule has 4 heteroatoms. The molecule has 0 radical (unpaired) electrons. The summed E-state index contributed by atoms with van der Waals surface area (Å²) in [6, 6.07) is 0. The van der Waals surface area contributed by atoms with Crippen molar-refractivity contribution in [3.63, 3.8) is 0 Å². The second-order valence-corrected chi connectivity index (χ2v) is 4.35. The number of rotatable bonds is 2. The Kier molecular flexibility index (Phi) is 5.94. The average Bonchev–Trinajstić information content (AvgIpc) is 2.69. The van der Waals surface area contributed by atoms with E-state index in [0.29, 0.717) is 0 Å². The summed E-state index contributed by atoms with van der Waals surface area (Å²) in [6.45, 7) is 12.6. The van der Waals surface area contributed by atoms with E-state index in [0.717, 1.165) is 44.3 Å². The molecule has 1 aliphatic rings. The second-order valence-electron chi connectivity index (χ2n) is 4.35. The van der Waals surface area contributed by atoms with Crippen LogP contribution in [0.15, 0.2) is 23.3 Å². The Labute approximate surface area is 104 Å². The van der Waals surface area contributed by atoms with Crippen LogP contribution in [-0.4, -0.2) is 48.0 Å². The van der Waals surface area contributed by atoms with Gasteiger partial charge >= 0.3 is 0 Å². The largest absolute Gasteiger partial charge is 0.449 e. The molecule has 17 heavy (non-hydrogen) atoms. The highest BCUT2D eigenvalue weighted by molar-refractivity contribution is 4.95. The normalized spacial score (nSPS) is 17.4. The number of oxazole rings is 1. The summed E-state index contributed by atoms with van der Waals surface area (Å²) in [7, 11) is 2.16. The fourth-order valence-corrected chi connectivity index (χ4v) is 1.72. The SMILES string of the molecule is C=CC.Cc1nc(CN2CCN(C)CC2)co1. The minimum atomic E-state index is 0.758. The first-order valence-corrected chi connectivity index (χ1v) is 6.04. The second kappa shape index (κ2) is 7.25. The molecule has 2 heterocycles. The van der Waals surface area contributed by atoms with E-state index in [-0.39, 0.29) is 0 Å². The first-order chi connectivity index (χ1) is 8.15. The molecule has 0 aromatic carbocycles. The van der Waals surface area contributed by atoms with Crippen LogP contribution in [-0.2, 0) is 6.54 Å². The molecule has 0 N–H and O–H groups in total. The van der Waals surface area contributed by atoms with Gasteiger partial charge in [0.2, 0.25) is 0 Å². The van der Waals surface area contributed by atoms with Crippen molar-refractivity contribution in [1.29, 1.82) is 0 Å². The fourth-order valence-electron chi connectivity index (χ4n) is 1.72. The number of allylic oxidation sites excluding steroid dienone is 1. The lowest BCUT2D eigenvalue weighted by Crippen LogP contribution is -2.43. The Balaban J connectivity index is 0.000000437. The van der Waals surface area contributed by atoms with Crippen molar-refractivity contribution in [3.05, 3.63) is 30.5 Å². The average molecular weight is 237 g/mol. The zero-order valence-electron chi connectivity index (χ0n) is 11.1. The number of hydrogen-bond donors (Lipinski definition) is 0. The maximum absolute atomic E-state index is 5.18. The van der Waals surface area contributed by atoms with Crippen molar-refractivity contribution in [3.8, 4) is 0 Å². The Morgan fingerprint density at radius 1 is 1.41 bits per heavy atom. The van der Waals surface area contributed by atoms with Crippen LogP contribution in [0.5, 0.6) is 0 Å². The summed E-state index contributed by atoms with van der Waals surface area (Å²) in [5, 5.41) is 0. The van der Waals surface area contributed by atoms with Crippen molar-refractivity contribution in [2.45, 2.75) is 20.4 Å². The zero-order chi connectivity index (χ0) is 12.7. The number of likely N-dealkylation sites (N-methyl/N-ethyl adjacent to an activating group) is 1. The third-order valence-corrected chi connectivity index (χ3v) is 2.65. The van der Waals surface area contributed by atoms with Crippen LogP contribution in [0.25, 0.3) is 0 Å². The lowest BCUT2D eigenvalue weighted by molar-refractivity contribution is 0.147. The van der Waals surface area contributed by atoms with Gasteiger partial charge in [-0.3, -0.25) is 4.90 Å². The quantitative estimate of drug-likeness (QED) is 0.736. The van der Waals surface area contributed by atoms with Crippen LogP contribution in [0.2, 0.25) is 0 Å². The molecule has 0 atom stereocenters. The number of nitrogens with zero attached hydrogens (tertiary/aromatic N) is 3. The van der Waals surface area contributed by atoms with Gasteiger partial charge in [-0.15, -0.1) is 6.58 Å². The van der Waals surface area contributed by atoms with Gasteiger partial charge < -0.3 is 9.32 Å². The lowest BCUT2D eigenvalue weighted by atomic mass is 10.3. The molecular weight excluding hydrogens is 214 g/mol. The minimum absolute atomic E-state index is 0.758. The van der Waals surface area contributed by atoms with E-state index in [2.05, 4.69) is 28.4 Å². The summed E-state index contributed by atoms with van der Waals surface area (Å²) in [5.41, 5.74) is 1.05. The smallest absolute Gasteiger partial charge is 0.191 e. The molecule has 96 valence electrons. The Morgan fingerprint density at radius 2 is 2.00 bits per heavy atom. The van der Waals surface area contributed by atoms with Gasteiger partial charge in [0.1, 0.15) is 6.26 Å². The molecule has 0 unspecified atom stereocenters. The molecular formula is C13H23N3O. The van der Waals surface area contributed by atoms with Crippen LogP contribution in [0.4, 0.5) is 0 Å². The Hall–Kier alpha value is -1.13. The molecule has 1 aromatic rings. The molecule has 0 bridgehead atoms. The van der Waals surface area contributed by atoms with Crippen molar-refractivity contribution < 1.29 is 4.42 Å². The number of aromatic nitrogens is 1. The van der Waals surface area contributed by atoms with Gasteiger partial charge in [-0.1, -0.05) is 6.08 Å². The van der Waals surface area contributed by atoms with Crippen LogP contribution in [0.3, 0.4) is 0 Å². The highest BCUT2D eigenvalue weighted by Gasteiger charge is 2.14. The van der Waals surface area contributed by atoms with Gasteiger partial charge in [-0.05, 0) is 14.0 Å². The van der Waals surface area contributed by atoms with E-state index in [1.165, 1.54) is 0 Å². The third kappa shape index (κ3) is 5.15. The molecule has 1 fully saturated rings. The van der Waals surface area contributed by atoms with Gasteiger partial charge in [-0.2, -0.15) is 0 Å². The summed E-state index contributed by atoms with van der Waals surface area (Å²) in [4.78, 5) is 9.07. The number of hydrogen-bond acceptors (Lipinski definition) is 4. The molecule has 1 aromatic heterocycles. The molecule has 0 spiro atoms. The van der Waals surface area contributed by atoms with Crippen molar-refractivity contribution in [2.24, 2.45) is 0 Å². The molecule has 1 saturated heterocycles. The summed E-state index contributed by atoms with van der Waals surface area (Å²) in [6.07, 6.45) is 3.51. The van der Waals surface area contributed by atoms with E-state index >= 15 is 0 Å². The minimum Gasteiger partial charge on any atom is -0.449 e. The molecule has 4 nitrogen and oxygen atoms in total. The van der Waals surface area contributed by atoms with Crippen LogP contribution >= 0.6 is 0 Å². The maximum Gasteiger partial charge on any atom is 0.191 e. The number of piperazine rings is 1. The zero-order valence-corrected chi connectivity index (χ0v) is 11.1. The highest BCUT2D eigenvalue weighted by Crippen LogP contribution is 2.07. The first kappa shape index (κ1) is 13.9. The molecule has 0 amide bonds. The monoisotopic (exact) mass is 237 g/mol. The van der Waals surface area contributed by atoms with Crippen LogP contribution in [0, 0.1) is 6.92 Å².